The van der Waals surface area contributed by atoms with E-state index in [1.165, 1.54) is 29.5 Å². The average Bonchev–Trinajstić information content (AvgIpc) is 3.04. The lowest BCUT2D eigenvalue weighted by Crippen LogP contribution is -2.10. The van der Waals surface area contributed by atoms with Crippen LogP contribution in [-0.4, -0.2) is 28.8 Å². The lowest BCUT2D eigenvalue weighted by Gasteiger charge is -2.06. The van der Waals surface area contributed by atoms with Crippen molar-refractivity contribution in [3.8, 4) is 23.3 Å². The summed E-state index contributed by atoms with van der Waals surface area (Å²) >= 11 is 1.23. The summed E-state index contributed by atoms with van der Waals surface area (Å²) in [6.07, 6.45) is -4.30. The first-order valence-electron chi connectivity index (χ1n) is 8.37. The number of nitrogens with one attached hydrogen (secondary N) is 1. The summed E-state index contributed by atoms with van der Waals surface area (Å²) in [4.78, 5) is 15.5. The van der Waals surface area contributed by atoms with Gasteiger partial charge in [0.05, 0.1) is 4.70 Å². The molecule has 0 aliphatic rings. The fourth-order valence-corrected chi connectivity index (χ4v) is 3.17. The largest absolute Gasteiger partial charge is 0.506 e. The van der Waals surface area contributed by atoms with Gasteiger partial charge in [0, 0.05) is 29.5 Å². The fraction of sp³-hybridized carbons (Fsp3) is 0.100. The van der Waals surface area contributed by atoms with E-state index in [-0.39, 0.29) is 24.1 Å². The number of aromatic nitrogens is 1. The molecule has 0 bridgehead atoms. The van der Waals surface area contributed by atoms with Gasteiger partial charge in [-0.3, -0.25) is 4.79 Å². The van der Waals surface area contributed by atoms with E-state index in [0.29, 0.717) is 32.7 Å². The number of nitrogens with zero attached hydrogens (tertiary/aromatic N) is 1. The molecule has 6 nitrogen and oxygen atoms in total. The Labute approximate surface area is 172 Å². The molecule has 0 saturated carbocycles. The van der Waals surface area contributed by atoms with Crippen LogP contribution < -0.4 is 15.8 Å². The van der Waals surface area contributed by atoms with Gasteiger partial charge in [-0.2, -0.15) is 13.2 Å². The summed E-state index contributed by atoms with van der Waals surface area (Å²) in [5.74, 6) is 5.08. The molecule has 0 fully saturated rings. The standard InChI is InChI=1S/C20H14F3N3O3S/c21-20(22,23)7-6-17(28)25-13-4-1-5-14(11-13)29-8-2-3-12-9-15(27)18-16(10-12)30-19(24)26-18/h1,4-7,9-11,27H,8H2,(H2,24,26)(H,25,28)/b7-6+. The van der Waals surface area contributed by atoms with Crippen LogP contribution in [0.1, 0.15) is 5.56 Å². The second-order valence-corrected chi connectivity index (χ2v) is 6.94. The number of anilines is 2. The van der Waals surface area contributed by atoms with Crippen molar-refractivity contribution in [3.05, 3.63) is 54.1 Å². The van der Waals surface area contributed by atoms with Gasteiger partial charge in [-0.25, -0.2) is 4.98 Å². The summed E-state index contributed by atoms with van der Waals surface area (Å²) in [5, 5.41) is 12.6. The summed E-state index contributed by atoms with van der Waals surface area (Å²) in [7, 11) is 0. The van der Waals surface area contributed by atoms with Gasteiger partial charge in [-0.1, -0.05) is 29.2 Å². The van der Waals surface area contributed by atoms with Crippen LogP contribution in [-0.2, 0) is 4.79 Å². The molecule has 30 heavy (non-hydrogen) atoms. The van der Waals surface area contributed by atoms with Crippen LogP contribution in [0.3, 0.4) is 0 Å². The van der Waals surface area contributed by atoms with Gasteiger partial charge in [0.1, 0.15) is 23.6 Å². The van der Waals surface area contributed by atoms with Gasteiger partial charge in [0.15, 0.2) is 5.13 Å². The lowest BCUT2D eigenvalue weighted by molar-refractivity contribution is -0.112. The minimum atomic E-state index is -4.56. The van der Waals surface area contributed by atoms with E-state index in [4.69, 9.17) is 10.5 Å². The highest BCUT2D eigenvalue weighted by Gasteiger charge is 2.22. The highest BCUT2D eigenvalue weighted by molar-refractivity contribution is 7.22. The lowest BCUT2D eigenvalue weighted by atomic mass is 10.2. The van der Waals surface area contributed by atoms with E-state index in [9.17, 15) is 23.1 Å². The smallest absolute Gasteiger partial charge is 0.409 e. The predicted octanol–water partition coefficient (Wildman–Crippen LogP) is 4.07. The van der Waals surface area contributed by atoms with Crippen molar-refractivity contribution >= 4 is 38.3 Å². The molecule has 154 valence electrons. The van der Waals surface area contributed by atoms with Crippen molar-refractivity contribution in [2.24, 2.45) is 0 Å². The number of amides is 1. The quantitative estimate of drug-likeness (QED) is 0.426. The molecular weight excluding hydrogens is 419 g/mol. The number of benzene rings is 2. The highest BCUT2D eigenvalue weighted by atomic mass is 32.1. The van der Waals surface area contributed by atoms with Gasteiger partial charge < -0.3 is 20.9 Å². The number of allylic oxidation sites excluding steroid dienone is 1. The minimum Gasteiger partial charge on any atom is -0.506 e. The first kappa shape index (κ1) is 21.0. The number of rotatable bonds is 4. The zero-order valence-corrected chi connectivity index (χ0v) is 16.0. The van der Waals surface area contributed by atoms with E-state index in [2.05, 4.69) is 22.1 Å². The molecule has 2 aromatic carbocycles. The molecule has 0 aliphatic heterocycles. The molecule has 0 spiro atoms. The van der Waals surface area contributed by atoms with Crippen molar-refractivity contribution in [2.45, 2.75) is 6.18 Å². The first-order valence-corrected chi connectivity index (χ1v) is 9.19. The van der Waals surface area contributed by atoms with Crippen LogP contribution in [0, 0.1) is 11.8 Å². The number of ether oxygens (including phenoxy) is 1. The summed E-state index contributed by atoms with van der Waals surface area (Å²) < 4.78 is 42.5. The Hall–Kier alpha value is -3.71. The van der Waals surface area contributed by atoms with E-state index >= 15 is 0 Å². The Morgan fingerprint density at radius 1 is 1.33 bits per heavy atom. The molecule has 1 aromatic heterocycles. The molecular formula is C20H14F3N3O3S. The Kier molecular flexibility index (Phi) is 6.13. The van der Waals surface area contributed by atoms with Crippen LogP contribution >= 0.6 is 11.3 Å². The van der Waals surface area contributed by atoms with E-state index in [1.54, 1.807) is 18.2 Å². The molecule has 0 aliphatic carbocycles. The molecule has 1 heterocycles. The molecule has 0 unspecified atom stereocenters. The Morgan fingerprint density at radius 3 is 2.90 bits per heavy atom. The van der Waals surface area contributed by atoms with Crippen LogP contribution in [0.5, 0.6) is 11.5 Å². The second kappa shape index (κ2) is 8.75. The molecule has 0 radical (unpaired) electrons. The van der Waals surface area contributed by atoms with E-state index in [1.807, 2.05) is 0 Å². The number of fused-ring (bicyclic) bond motifs is 1. The van der Waals surface area contributed by atoms with Gasteiger partial charge >= 0.3 is 6.18 Å². The topological polar surface area (TPSA) is 97.5 Å². The number of halogens is 3. The normalized spacial score (nSPS) is 11.3. The Balaban J connectivity index is 1.60. The van der Waals surface area contributed by atoms with Gasteiger partial charge in [0.2, 0.25) is 5.91 Å². The average molecular weight is 433 g/mol. The number of phenols is 1. The fourth-order valence-electron chi connectivity index (χ4n) is 2.38. The number of carbonyl (C=O) groups is 1. The molecule has 3 aromatic rings. The monoisotopic (exact) mass is 433 g/mol. The molecule has 1 amide bonds. The highest BCUT2D eigenvalue weighted by Crippen LogP contribution is 2.31. The summed E-state index contributed by atoms with van der Waals surface area (Å²) in [6, 6.07) is 9.38. The van der Waals surface area contributed by atoms with Gasteiger partial charge in [-0.15, -0.1) is 0 Å². The number of alkyl halides is 3. The molecule has 10 heteroatoms. The van der Waals surface area contributed by atoms with Gasteiger partial charge in [0.25, 0.3) is 0 Å². The van der Waals surface area contributed by atoms with Crippen LogP contribution in [0.15, 0.2) is 48.6 Å². The van der Waals surface area contributed by atoms with Crippen LogP contribution in [0.4, 0.5) is 24.0 Å². The minimum absolute atomic E-state index is 0.00893. The number of phenolic OH excluding ortho intramolecular Hbond substituents is 1. The third-order valence-electron chi connectivity index (χ3n) is 3.56. The SMILES string of the molecule is Nc1nc2c(O)cc(C#CCOc3cccc(NC(=O)/C=C/C(F)(F)F)c3)cc2s1. The number of nitrogen functional groups attached to an aromatic ring is 1. The van der Waals surface area contributed by atoms with Crippen LogP contribution in [0.25, 0.3) is 10.2 Å². The first-order chi connectivity index (χ1) is 14.2. The predicted molar refractivity (Wildman–Crippen MR) is 108 cm³/mol. The van der Waals surface area contributed by atoms with Crippen molar-refractivity contribution < 1.29 is 27.8 Å². The van der Waals surface area contributed by atoms with Gasteiger partial charge in [-0.05, 0) is 24.3 Å². The maximum absolute atomic E-state index is 12.1. The number of nitrogens with two attached hydrogens (primary N) is 1. The third kappa shape index (κ3) is 5.89. The number of hydrogen-bond donors (Lipinski definition) is 3. The van der Waals surface area contributed by atoms with Crippen LogP contribution in [0.2, 0.25) is 0 Å². The molecule has 4 N–H and O–H groups in total. The molecule has 0 atom stereocenters. The summed E-state index contributed by atoms with van der Waals surface area (Å²) in [6.45, 7) is 0.00893. The Morgan fingerprint density at radius 2 is 2.13 bits per heavy atom. The summed E-state index contributed by atoms with van der Waals surface area (Å²) in [5.41, 5.74) is 6.89. The van der Waals surface area contributed by atoms with E-state index in [0.717, 1.165) is 0 Å². The zero-order valence-electron chi connectivity index (χ0n) is 15.2. The maximum atomic E-state index is 12.1. The number of carbonyl (C=O) groups excluding carboxylic acids is 1. The second-order valence-electron chi connectivity index (χ2n) is 5.88. The van der Waals surface area contributed by atoms with Crippen molar-refractivity contribution in [2.75, 3.05) is 17.7 Å². The maximum Gasteiger partial charge on any atom is 0.409 e. The van der Waals surface area contributed by atoms with Crippen molar-refractivity contribution in [1.82, 2.24) is 4.98 Å². The Bertz CT molecular complexity index is 1180. The van der Waals surface area contributed by atoms with Crippen molar-refractivity contribution in [3.63, 3.8) is 0 Å². The van der Waals surface area contributed by atoms with E-state index < -0.39 is 12.1 Å². The number of hydrogen-bond acceptors (Lipinski definition) is 6. The zero-order chi connectivity index (χ0) is 21.7. The molecule has 3 rings (SSSR count). The number of aromatic hydroxyl groups is 1. The number of thiazole rings is 1. The van der Waals surface area contributed by atoms with Crippen molar-refractivity contribution in [1.29, 1.82) is 0 Å². The molecule has 0 saturated heterocycles. The third-order valence-corrected chi connectivity index (χ3v) is 4.39.